The molecule has 0 spiro atoms. The molecule has 2 aromatic rings. The second-order valence-electron chi connectivity index (χ2n) is 6.19. The molecule has 0 saturated carbocycles. The fourth-order valence-corrected chi connectivity index (χ4v) is 2.62. The van der Waals surface area contributed by atoms with Crippen molar-refractivity contribution in [2.45, 2.75) is 37.9 Å². The molecule has 0 aliphatic heterocycles. The maximum atomic E-state index is 12.1. The van der Waals surface area contributed by atoms with Crippen LogP contribution in [-0.4, -0.2) is 47.2 Å². The van der Waals surface area contributed by atoms with Crippen LogP contribution in [0.4, 0.5) is 5.69 Å². The number of amides is 1. The van der Waals surface area contributed by atoms with Gasteiger partial charge in [0.05, 0.1) is 7.11 Å². The number of anilines is 1. The number of ketones is 1. The number of Topliss-reactive ketones (excluding diaryl/α,β-unsaturated/α-hetero) is 1. The zero-order valence-corrected chi connectivity index (χ0v) is 15.1. The van der Waals surface area contributed by atoms with Crippen molar-refractivity contribution in [3.05, 3.63) is 42.5 Å². The molecule has 144 valence electrons. The third-order valence-corrected chi connectivity index (χ3v) is 4.20. The molecular formula is C20H23NO6. The van der Waals surface area contributed by atoms with E-state index in [1.807, 2.05) is 30.3 Å². The van der Waals surface area contributed by atoms with Crippen LogP contribution < -0.4 is 5.32 Å². The molecule has 1 amide bonds. The van der Waals surface area contributed by atoms with E-state index >= 15 is 0 Å². The minimum Gasteiger partial charge on any atom is -0.469 e. The van der Waals surface area contributed by atoms with Crippen molar-refractivity contribution in [2.24, 2.45) is 0 Å². The Bertz CT molecular complexity index is 819. The Labute approximate surface area is 156 Å². The SMILES string of the molecule is COC(=O)CCCCC(=O)[C@H](O)[C@@H](O)C(=O)Nc1ccc2ccccc2c1. The number of nitrogens with one attached hydrogen (secondary N) is 1. The molecule has 2 rings (SSSR count). The van der Waals surface area contributed by atoms with Gasteiger partial charge in [0.2, 0.25) is 0 Å². The fraction of sp³-hybridized carbons (Fsp3) is 0.350. The number of unbranched alkanes of at least 4 members (excludes halogenated alkanes) is 1. The van der Waals surface area contributed by atoms with E-state index in [1.165, 1.54) is 7.11 Å². The van der Waals surface area contributed by atoms with E-state index in [9.17, 15) is 24.6 Å². The highest BCUT2D eigenvalue weighted by Crippen LogP contribution is 2.19. The molecule has 0 fully saturated rings. The number of hydrogen-bond donors (Lipinski definition) is 3. The van der Waals surface area contributed by atoms with Gasteiger partial charge in [-0.1, -0.05) is 30.3 Å². The third kappa shape index (κ3) is 5.87. The van der Waals surface area contributed by atoms with Crippen LogP contribution >= 0.6 is 0 Å². The van der Waals surface area contributed by atoms with Gasteiger partial charge in [-0.05, 0) is 35.7 Å². The number of benzene rings is 2. The average molecular weight is 373 g/mol. The summed E-state index contributed by atoms with van der Waals surface area (Å²) >= 11 is 0. The summed E-state index contributed by atoms with van der Waals surface area (Å²) in [5, 5.41) is 24.3. The van der Waals surface area contributed by atoms with Crippen LogP contribution in [0.15, 0.2) is 42.5 Å². The highest BCUT2D eigenvalue weighted by Gasteiger charge is 2.29. The Kier molecular flexibility index (Phi) is 7.45. The minimum atomic E-state index is -1.87. The summed E-state index contributed by atoms with van der Waals surface area (Å²) in [7, 11) is 1.28. The van der Waals surface area contributed by atoms with E-state index in [2.05, 4.69) is 10.1 Å². The van der Waals surface area contributed by atoms with Gasteiger partial charge in [-0.25, -0.2) is 0 Å². The van der Waals surface area contributed by atoms with Crippen LogP contribution in [0, 0.1) is 0 Å². The second-order valence-corrected chi connectivity index (χ2v) is 6.19. The lowest BCUT2D eigenvalue weighted by molar-refractivity contribution is -0.142. The van der Waals surface area contributed by atoms with Crippen LogP contribution in [0.1, 0.15) is 25.7 Å². The van der Waals surface area contributed by atoms with Crippen LogP contribution in [0.25, 0.3) is 10.8 Å². The van der Waals surface area contributed by atoms with E-state index in [-0.39, 0.29) is 18.8 Å². The number of aliphatic hydroxyl groups is 2. The Balaban J connectivity index is 1.86. The predicted octanol–water partition coefficient (Wildman–Crippen LogP) is 1.80. The Morgan fingerprint density at radius 3 is 2.33 bits per heavy atom. The van der Waals surface area contributed by atoms with Gasteiger partial charge in [-0.2, -0.15) is 0 Å². The molecule has 0 bridgehead atoms. The predicted molar refractivity (Wildman–Crippen MR) is 100 cm³/mol. The lowest BCUT2D eigenvalue weighted by Crippen LogP contribution is -2.42. The third-order valence-electron chi connectivity index (χ3n) is 4.20. The fourth-order valence-electron chi connectivity index (χ4n) is 2.62. The first kappa shape index (κ1) is 20.5. The molecule has 2 aromatic carbocycles. The highest BCUT2D eigenvalue weighted by molar-refractivity contribution is 6.00. The van der Waals surface area contributed by atoms with Gasteiger partial charge >= 0.3 is 5.97 Å². The first-order valence-corrected chi connectivity index (χ1v) is 8.67. The van der Waals surface area contributed by atoms with Gasteiger partial charge < -0.3 is 20.3 Å². The molecule has 0 aliphatic rings. The summed E-state index contributed by atoms with van der Waals surface area (Å²) in [6.45, 7) is 0. The Hall–Kier alpha value is -2.77. The molecule has 2 atom stereocenters. The molecule has 7 heteroatoms. The lowest BCUT2D eigenvalue weighted by Gasteiger charge is -2.16. The summed E-state index contributed by atoms with van der Waals surface area (Å²) in [6, 6.07) is 12.8. The van der Waals surface area contributed by atoms with Gasteiger partial charge in [0, 0.05) is 18.5 Å². The number of esters is 1. The van der Waals surface area contributed by atoms with Gasteiger partial charge in [0.15, 0.2) is 11.9 Å². The van der Waals surface area contributed by atoms with Crippen LogP contribution in [0.5, 0.6) is 0 Å². The summed E-state index contributed by atoms with van der Waals surface area (Å²) in [4.78, 5) is 35.0. The van der Waals surface area contributed by atoms with Gasteiger partial charge in [-0.3, -0.25) is 14.4 Å². The maximum Gasteiger partial charge on any atom is 0.305 e. The number of carbonyl (C=O) groups excluding carboxylic acids is 3. The van der Waals surface area contributed by atoms with Crippen molar-refractivity contribution >= 4 is 34.1 Å². The van der Waals surface area contributed by atoms with E-state index in [4.69, 9.17) is 0 Å². The van der Waals surface area contributed by atoms with E-state index < -0.39 is 23.9 Å². The Morgan fingerprint density at radius 2 is 1.63 bits per heavy atom. The average Bonchev–Trinajstić information content (AvgIpc) is 2.69. The smallest absolute Gasteiger partial charge is 0.305 e. The normalized spacial score (nSPS) is 13.0. The minimum absolute atomic E-state index is 0.0432. The number of ether oxygens (including phenoxy) is 1. The molecule has 27 heavy (non-hydrogen) atoms. The standard InChI is InChI=1S/C20H23NO6/c1-27-17(23)9-5-4-8-16(22)18(24)19(25)20(26)21-15-11-10-13-6-2-3-7-14(13)12-15/h2-3,6-7,10-12,18-19,24-25H,4-5,8-9H2,1H3,(H,21,26)/t18-,19+/m0/s1. The van der Waals surface area contributed by atoms with E-state index in [1.54, 1.807) is 12.1 Å². The zero-order valence-electron chi connectivity index (χ0n) is 15.1. The first-order valence-electron chi connectivity index (χ1n) is 8.67. The van der Waals surface area contributed by atoms with Crippen LogP contribution in [0.3, 0.4) is 0 Å². The molecular weight excluding hydrogens is 350 g/mol. The second kappa shape index (κ2) is 9.80. The molecule has 0 heterocycles. The first-order chi connectivity index (χ1) is 12.9. The molecule has 0 aromatic heterocycles. The monoisotopic (exact) mass is 373 g/mol. The number of methoxy groups -OCH3 is 1. The molecule has 7 nitrogen and oxygen atoms in total. The number of carbonyl (C=O) groups is 3. The van der Waals surface area contributed by atoms with Crippen molar-refractivity contribution in [1.82, 2.24) is 0 Å². The zero-order chi connectivity index (χ0) is 19.8. The van der Waals surface area contributed by atoms with Crippen molar-refractivity contribution in [3.63, 3.8) is 0 Å². The maximum absolute atomic E-state index is 12.1. The number of fused-ring (bicyclic) bond motifs is 1. The van der Waals surface area contributed by atoms with Gasteiger partial charge in [-0.15, -0.1) is 0 Å². The van der Waals surface area contributed by atoms with Crippen molar-refractivity contribution < 1.29 is 29.3 Å². The quantitative estimate of drug-likeness (QED) is 0.456. The lowest BCUT2D eigenvalue weighted by atomic mass is 10.0. The van der Waals surface area contributed by atoms with Crippen LogP contribution in [0.2, 0.25) is 0 Å². The van der Waals surface area contributed by atoms with Crippen molar-refractivity contribution in [3.8, 4) is 0 Å². The number of rotatable bonds is 9. The molecule has 0 aliphatic carbocycles. The van der Waals surface area contributed by atoms with Crippen LogP contribution in [-0.2, 0) is 19.1 Å². The summed E-state index contributed by atoms with van der Waals surface area (Å²) in [5.41, 5.74) is 0.454. The summed E-state index contributed by atoms with van der Waals surface area (Å²) in [5.74, 6) is -1.89. The molecule has 0 radical (unpaired) electrons. The number of hydrogen-bond acceptors (Lipinski definition) is 6. The molecule has 3 N–H and O–H groups in total. The van der Waals surface area contributed by atoms with Gasteiger partial charge in [0.25, 0.3) is 5.91 Å². The number of aliphatic hydroxyl groups excluding tert-OH is 2. The highest BCUT2D eigenvalue weighted by atomic mass is 16.5. The largest absolute Gasteiger partial charge is 0.469 e. The van der Waals surface area contributed by atoms with Crippen molar-refractivity contribution in [2.75, 3.05) is 12.4 Å². The molecule has 0 unspecified atom stereocenters. The van der Waals surface area contributed by atoms with E-state index in [0.717, 1.165) is 10.8 Å². The van der Waals surface area contributed by atoms with Gasteiger partial charge in [0.1, 0.15) is 6.10 Å². The topological polar surface area (TPSA) is 113 Å². The summed E-state index contributed by atoms with van der Waals surface area (Å²) in [6.07, 6.45) is -2.79. The van der Waals surface area contributed by atoms with E-state index in [0.29, 0.717) is 18.5 Å². The van der Waals surface area contributed by atoms with Crippen molar-refractivity contribution in [1.29, 1.82) is 0 Å². The summed E-state index contributed by atoms with van der Waals surface area (Å²) < 4.78 is 4.49. The molecule has 0 saturated heterocycles. The Morgan fingerprint density at radius 1 is 0.963 bits per heavy atom.